The van der Waals surface area contributed by atoms with Crippen molar-refractivity contribution in [3.05, 3.63) is 35.9 Å². The molecule has 0 bridgehead atoms. The number of aliphatic carboxylic acids is 1. The molecule has 2 unspecified atom stereocenters. The molecule has 1 aromatic carbocycles. The molecule has 0 saturated carbocycles. The maximum absolute atomic E-state index is 10.9. The van der Waals surface area contributed by atoms with E-state index in [0.717, 1.165) is 44.9 Å². The zero-order valence-corrected chi connectivity index (χ0v) is 20.2. The highest BCUT2D eigenvalue weighted by Crippen LogP contribution is 2.18. The Balaban J connectivity index is 2.11. The summed E-state index contributed by atoms with van der Waals surface area (Å²) in [4.78, 5) is 21.6. The Labute approximate surface area is 194 Å². The third-order valence-electron chi connectivity index (χ3n) is 5.75. The minimum Gasteiger partial charge on any atom is -0.481 e. The summed E-state index contributed by atoms with van der Waals surface area (Å²) in [6.45, 7) is 4.05. The van der Waals surface area contributed by atoms with Crippen LogP contribution in [-0.4, -0.2) is 29.3 Å². The van der Waals surface area contributed by atoms with Crippen LogP contribution in [0.25, 0.3) is 0 Å². The van der Waals surface area contributed by atoms with Gasteiger partial charge in [-0.3, -0.25) is 9.59 Å². The van der Waals surface area contributed by atoms with Crippen LogP contribution >= 0.6 is 0 Å². The van der Waals surface area contributed by atoms with Gasteiger partial charge in [0.25, 0.3) is 0 Å². The number of unbranched alkanes of at least 4 members (excludes halogenated alkanes) is 8. The quantitative estimate of drug-likeness (QED) is 0.171. The van der Waals surface area contributed by atoms with E-state index in [1.807, 2.05) is 25.1 Å². The molecular formula is C27H44O5. The highest BCUT2D eigenvalue weighted by atomic mass is 16.5. The lowest BCUT2D eigenvalue weighted by molar-refractivity contribution is -0.145. The molecule has 1 N–H and O–H groups in total. The maximum Gasteiger partial charge on any atom is 0.303 e. The first-order valence-electron chi connectivity index (χ1n) is 12.5. The van der Waals surface area contributed by atoms with Crippen LogP contribution in [-0.2, 0) is 25.7 Å². The molecule has 0 radical (unpaired) electrons. The molecule has 0 heterocycles. The van der Waals surface area contributed by atoms with E-state index in [2.05, 4.69) is 12.1 Å². The molecule has 0 amide bonds. The largest absolute Gasteiger partial charge is 0.481 e. The van der Waals surface area contributed by atoms with Crippen LogP contribution < -0.4 is 0 Å². The molecule has 2 atom stereocenters. The Bertz CT molecular complexity index is 601. The summed E-state index contributed by atoms with van der Waals surface area (Å²) in [7, 11) is 0. The Morgan fingerprint density at radius 1 is 0.812 bits per heavy atom. The fourth-order valence-corrected chi connectivity index (χ4v) is 3.95. The molecule has 0 aromatic heterocycles. The number of esters is 1. The smallest absolute Gasteiger partial charge is 0.303 e. The zero-order chi connectivity index (χ0) is 23.4. The van der Waals surface area contributed by atoms with E-state index >= 15 is 0 Å². The van der Waals surface area contributed by atoms with Crippen LogP contribution in [0.2, 0.25) is 0 Å². The van der Waals surface area contributed by atoms with Crippen LogP contribution in [0, 0.1) is 0 Å². The van der Waals surface area contributed by atoms with Gasteiger partial charge in [0, 0.05) is 13.3 Å². The Morgan fingerprint density at radius 3 is 1.91 bits per heavy atom. The highest BCUT2D eigenvalue weighted by molar-refractivity contribution is 5.66. The van der Waals surface area contributed by atoms with E-state index in [1.165, 1.54) is 51.0 Å². The molecule has 32 heavy (non-hydrogen) atoms. The van der Waals surface area contributed by atoms with Crippen molar-refractivity contribution in [2.24, 2.45) is 0 Å². The van der Waals surface area contributed by atoms with Crippen LogP contribution in [0.3, 0.4) is 0 Å². The molecule has 182 valence electrons. The van der Waals surface area contributed by atoms with Crippen LogP contribution in [0.4, 0.5) is 0 Å². The van der Waals surface area contributed by atoms with E-state index in [9.17, 15) is 9.59 Å². The molecule has 0 saturated heterocycles. The summed E-state index contributed by atoms with van der Waals surface area (Å²) in [6, 6.07) is 10.2. The molecule has 5 heteroatoms. The standard InChI is InChI=1S/C27H44O5/c1-23(32-24(2)28)16-10-7-5-3-4-6-8-13-19-26(20-14-15-21-27(29)30)31-22-25-17-11-9-12-18-25/h9,11-12,17-18,23,26H,3-8,10,13-16,19-22H2,1-2H3,(H,29,30). The average molecular weight is 449 g/mol. The first kappa shape index (κ1) is 28.2. The first-order chi connectivity index (χ1) is 15.5. The second kappa shape index (κ2) is 18.7. The molecule has 1 rings (SSSR count). The van der Waals surface area contributed by atoms with Crippen molar-refractivity contribution in [1.82, 2.24) is 0 Å². The number of rotatable bonds is 20. The third-order valence-corrected chi connectivity index (χ3v) is 5.75. The van der Waals surface area contributed by atoms with Crippen LogP contribution in [0.15, 0.2) is 30.3 Å². The van der Waals surface area contributed by atoms with Gasteiger partial charge in [-0.1, -0.05) is 81.7 Å². The van der Waals surface area contributed by atoms with E-state index in [0.29, 0.717) is 6.61 Å². The van der Waals surface area contributed by atoms with Crippen molar-refractivity contribution in [1.29, 1.82) is 0 Å². The lowest BCUT2D eigenvalue weighted by Crippen LogP contribution is -2.13. The van der Waals surface area contributed by atoms with E-state index in [-0.39, 0.29) is 24.6 Å². The molecule has 5 nitrogen and oxygen atoms in total. The highest BCUT2D eigenvalue weighted by Gasteiger charge is 2.10. The van der Waals surface area contributed by atoms with Gasteiger partial charge < -0.3 is 14.6 Å². The van der Waals surface area contributed by atoms with Crippen molar-refractivity contribution >= 4 is 11.9 Å². The Morgan fingerprint density at radius 2 is 1.34 bits per heavy atom. The summed E-state index contributed by atoms with van der Waals surface area (Å²) in [5.74, 6) is -0.906. The van der Waals surface area contributed by atoms with Crippen molar-refractivity contribution < 1.29 is 24.2 Å². The van der Waals surface area contributed by atoms with E-state index in [4.69, 9.17) is 14.6 Å². The van der Waals surface area contributed by atoms with Gasteiger partial charge in [0.15, 0.2) is 0 Å². The van der Waals surface area contributed by atoms with Crippen molar-refractivity contribution in [2.45, 2.75) is 123 Å². The third kappa shape index (κ3) is 16.8. The summed E-state index contributed by atoms with van der Waals surface area (Å²) in [6.07, 6.45) is 14.8. The van der Waals surface area contributed by atoms with Gasteiger partial charge in [-0.2, -0.15) is 0 Å². The number of carboxylic acids is 1. The van der Waals surface area contributed by atoms with Crippen LogP contribution in [0.5, 0.6) is 0 Å². The number of benzene rings is 1. The SMILES string of the molecule is CC(=O)OC(C)CCCCCCCCCCC(CCCCC(=O)O)OCc1ccccc1. The summed E-state index contributed by atoms with van der Waals surface area (Å²) in [5, 5.41) is 8.83. The van der Waals surface area contributed by atoms with Crippen LogP contribution in [0.1, 0.15) is 109 Å². The number of carbonyl (C=O) groups excluding carboxylic acids is 1. The second-order valence-electron chi connectivity index (χ2n) is 8.88. The predicted octanol–water partition coefficient (Wildman–Crippen LogP) is 7.07. The van der Waals surface area contributed by atoms with Crippen molar-refractivity contribution in [3.8, 4) is 0 Å². The Hall–Kier alpha value is -1.88. The summed E-state index contributed by atoms with van der Waals surface area (Å²) < 4.78 is 11.3. The van der Waals surface area contributed by atoms with Gasteiger partial charge >= 0.3 is 11.9 Å². The summed E-state index contributed by atoms with van der Waals surface area (Å²) in [5.41, 5.74) is 1.19. The zero-order valence-electron chi connectivity index (χ0n) is 20.2. The lowest BCUT2D eigenvalue weighted by atomic mass is 10.0. The van der Waals surface area contributed by atoms with Crippen molar-refractivity contribution in [2.75, 3.05) is 0 Å². The van der Waals surface area contributed by atoms with E-state index in [1.54, 1.807) is 0 Å². The molecule has 0 spiro atoms. The number of hydrogen-bond donors (Lipinski definition) is 1. The van der Waals surface area contributed by atoms with Gasteiger partial charge in [0.05, 0.1) is 18.8 Å². The molecular weight excluding hydrogens is 404 g/mol. The second-order valence-corrected chi connectivity index (χ2v) is 8.88. The Kier molecular flexibility index (Phi) is 16.4. The summed E-state index contributed by atoms with van der Waals surface area (Å²) >= 11 is 0. The predicted molar refractivity (Wildman–Crippen MR) is 129 cm³/mol. The van der Waals surface area contributed by atoms with Gasteiger partial charge in [0.2, 0.25) is 0 Å². The van der Waals surface area contributed by atoms with E-state index < -0.39 is 5.97 Å². The maximum atomic E-state index is 10.9. The fourth-order valence-electron chi connectivity index (χ4n) is 3.95. The monoisotopic (exact) mass is 448 g/mol. The topological polar surface area (TPSA) is 72.8 Å². The molecule has 1 aromatic rings. The number of ether oxygens (including phenoxy) is 2. The van der Waals surface area contributed by atoms with Gasteiger partial charge in [-0.15, -0.1) is 0 Å². The van der Waals surface area contributed by atoms with Crippen molar-refractivity contribution in [3.63, 3.8) is 0 Å². The molecule has 0 aliphatic heterocycles. The minimum atomic E-state index is -0.717. The van der Waals surface area contributed by atoms with Gasteiger partial charge in [0.1, 0.15) is 0 Å². The number of carbonyl (C=O) groups is 2. The number of carboxylic acid groups (broad SMARTS) is 1. The molecule has 0 aliphatic carbocycles. The normalized spacial score (nSPS) is 12.9. The fraction of sp³-hybridized carbons (Fsp3) is 0.704. The number of hydrogen-bond acceptors (Lipinski definition) is 4. The van der Waals surface area contributed by atoms with Gasteiger partial charge in [-0.05, 0) is 44.6 Å². The molecule has 0 fully saturated rings. The van der Waals surface area contributed by atoms with Gasteiger partial charge in [-0.25, -0.2) is 0 Å². The minimum absolute atomic E-state index is 0.0358. The molecule has 0 aliphatic rings. The first-order valence-corrected chi connectivity index (χ1v) is 12.5. The average Bonchev–Trinajstić information content (AvgIpc) is 2.75. The lowest BCUT2D eigenvalue weighted by Gasteiger charge is -2.18.